The number of rotatable bonds is 3. The smallest absolute Gasteiger partial charge is 0.395 e. The molecule has 0 aliphatic heterocycles. The molecule has 0 aromatic carbocycles. The summed E-state index contributed by atoms with van der Waals surface area (Å²) in [5, 5.41) is 9.39. The van der Waals surface area contributed by atoms with E-state index in [4.69, 9.17) is 0 Å². The Kier molecular flexibility index (Phi) is 4.60. The van der Waals surface area contributed by atoms with Crippen LogP contribution in [0.2, 0.25) is 0 Å². The SMILES string of the molecule is OCC(c1ccc(C(F)(F)F)nc1)c1ccc(C(F)(F)F)nc1. The molecule has 2 rings (SSSR count). The van der Waals surface area contributed by atoms with Crippen molar-refractivity contribution in [2.45, 2.75) is 18.3 Å². The second-order valence-electron chi connectivity index (χ2n) is 4.68. The summed E-state index contributed by atoms with van der Waals surface area (Å²) in [7, 11) is 0. The maximum absolute atomic E-state index is 12.5. The first-order chi connectivity index (χ1) is 10.6. The monoisotopic (exact) mass is 336 g/mol. The summed E-state index contributed by atoms with van der Waals surface area (Å²) in [6.07, 6.45) is -7.32. The van der Waals surface area contributed by atoms with Crippen LogP contribution in [0.1, 0.15) is 28.4 Å². The predicted molar refractivity (Wildman–Crippen MR) is 67.4 cm³/mol. The molecule has 0 spiro atoms. The molecule has 0 saturated heterocycles. The summed E-state index contributed by atoms with van der Waals surface area (Å²) in [5.74, 6) is -0.820. The minimum absolute atomic E-state index is 0.238. The molecule has 2 aromatic heterocycles. The van der Waals surface area contributed by atoms with Crippen molar-refractivity contribution in [3.8, 4) is 0 Å². The Morgan fingerprint density at radius 1 is 0.783 bits per heavy atom. The Hall–Kier alpha value is -2.16. The highest BCUT2D eigenvalue weighted by Crippen LogP contribution is 2.31. The van der Waals surface area contributed by atoms with Crippen molar-refractivity contribution in [2.24, 2.45) is 0 Å². The lowest BCUT2D eigenvalue weighted by Crippen LogP contribution is -2.12. The zero-order valence-corrected chi connectivity index (χ0v) is 11.4. The van der Waals surface area contributed by atoms with Crippen LogP contribution in [0, 0.1) is 0 Å². The van der Waals surface area contributed by atoms with Crippen LogP contribution in [0.3, 0.4) is 0 Å². The second kappa shape index (κ2) is 6.15. The number of hydrogen-bond acceptors (Lipinski definition) is 3. The largest absolute Gasteiger partial charge is 0.433 e. The number of halogens is 6. The van der Waals surface area contributed by atoms with E-state index in [-0.39, 0.29) is 11.1 Å². The molecule has 2 aromatic rings. The van der Waals surface area contributed by atoms with Gasteiger partial charge in [0.2, 0.25) is 0 Å². The molecule has 2 heterocycles. The number of hydrogen-bond donors (Lipinski definition) is 1. The van der Waals surface area contributed by atoms with E-state index in [1.807, 2.05) is 0 Å². The predicted octanol–water partition coefficient (Wildman–Crippen LogP) is 3.64. The van der Waals surface area contributed by atoms with Gasteiger partial charge in [-0.25, -0.2) is 0 Å². The number of pyridine rings is 2. The third-order valence-corrected chi connectivity index (χ3v) is 3.14. The molecule has 9 heteroatoms. The first-order valence-electron chi connectivity index (χ1n) is 6.30. The Balaban J connectivity index is 2.29. The molecular formula is C14H10F6N2O. The summed E-state index contributed by atoms with van der Waals surface area (Å²) in [6, 6.07) is 3.73. The minimum Gasteiger partial charge on any atom is -0.395 e. The molecule has 0 atom stereocenters. The summed E-state index contributed by atoms with van der Waals surface area (Å²) in [6.45, 7) is -0.514. The van der Waals surface area contributed by atoms with Gasteiger partial charge in [-0.05, 0) is 23.3 Å². The van der Waals surface area contributed by atoms with Crippen LogP contribution in [0.15, 0.2) is 36.7 Å². The van der Waals surface area contributed by atoms with Crippen molar-refractivity contribution < 1.29 is 31.4 Å². The van der Waals surface area contributed by atoms with E-state index in [2.05, 4.69) is 9.97 Å². The van der Waals surface area contributed by atoms with E-state index in [0.717, 1.165) is 36.7 Å². The number of nitrogens with zero attached hydrogens (tertiary/aromatic N) is 2. The van der Waals surface area contributed by atoms with Gasteiger partial charge in [0.1, 0.15) is 11.4 Å². The van der Waals surface area contributed by atoms with Crippen LogP contribution in [0.25, 0.3) is 0 Å². The lowest BCUT2D eigenvalue weighted by molar-refractivity contribution is -0.141. The van der Waals surface area contributed by atoms with Gasteiger partial charge in [0, 0.05) is 18.3 Å². The second-order valence-corrected chi connectivity index (χ2v) is 4.68. The van der Waals surface area contributed by atoms with Crippen molar-refractivity contribution in [1.82, 2.24) is 9.97 Å². The molecule has 23 heavy (non-hydrogen) atoms. The number of alkyl halides is 6. The normalized spacial score (nSPS) is 12.7. The maximum Gasteiger partial charge on any atom is 0.433 e. The Bertz CT molecular complexity index is 591. The average Bonchev–Trinajstić information content (AvgIpc) is 2.47. The van der Waals surface area contributed by atoms with Crippen molar-refractivity contribution in [3.05, 3.63) is 59.2 Å². The maximum atomic E-state index is 12.5. The van der Waals surface area contributed by atoms with Gasteiger partial charge in [0.15, 0.2) is 0 Å². The van der Waals surface area contributed by atoms with Crippen molar-refractivity contribution in [3.63, 3.8) is 0 Å². The highest BCUT2D eigenvalue weighted by atomic mass is 19.4. The fraction of sp³-hybridized carbons (Fsp3) is 0.286. The van der Waals surface area contributed by atoms with E-state index < -0.39 is 36.3 Å². The van der Waals surface area contributed by atoms with Crippen LogP contribution in [-0.2, 0) is 12.4 Å². The highest BCUT2D eigenvalue weighted by molar-refractivity contribution is 5.31. The fourth-order valence-electron chi connectivity index (χ4n) is 1.96. The molecule has 0 bridgehead atoms. The minimum atomic E-state index is -4.59. The zero-order chi connectivity index (χ0) is 17.3. The van der Waals surface area contributed by atoms with E-state index in [9.17, 15) is 31.4 Å². The molecule has 124 valence electrons. The quantitative estimate of drug-likeness (QED) is 0.871. The number of aliphatic hydroxyl groups is 1. The van der Waals surface area contributed by atoms with Gasteiger partial charge in [0.05, 0.1) is 6.61 Å². The van der Waals surface area contributed by atoms with Gasteiger partial charge < -0.3 is 5.11 Å². The molecule has 0 aliphatic carbocycles. The summed E-state index contributed by atoms with van der Waals surface area (Å²) < 4.78 is 74.7. The topological polar surface area (TPSA) is 46.0 Å². The van der Waals surface area contributed by atoms with Crippen LogP contribution in [-0.4, -0.2) is 21.7 Å². The molecule has 0 unspecified atom stereocenters. The van der Waals surface area contributed by atoms with Crippen molar-refractivity contribution in [2.75, 3.05) is 6.61 Å². The van der Waals surface area contributed by atoms with Crippen molar-refractivity contribution >= 4 is 0 Å². The van der Waals surface area contributed by atoms with Gasteiger partial charge in [-0.15, -0.1) is 0 Å². The summed E-state index contributed by atoms with van der Waals surface area (Å²) in [5.41, 5.74) is -1.71. The fourth-order valence-corrected chi connectivity index (χ4v) is 1.96. The van der Waals surface area contributed by atoms with Crippen LogP contribution >= 0.6 is 0 Å². The Morgan fingerprint density at radius 3 is 1.39 bits per heavy atom. The van der Waals surface area contributed by atoms with Crippen LogP contribution in [0.5, 0.6) is 0 Å². The molecular weight excluding hydrogens is 326 g/mol. The van der Waals surface area contributed by atoms with E-state index in [1.165, 1.54) is 0 Å². The van der Waals surface area contributed by atoms with Gasteiger partial charge in [-0.2, -0.15) is 26.3 Å². The van der Waals surface area contributed by atoms with Gasteiger partial charge in [-0.1, -0.05) is 12.1 Å². The van der Waals surface area contributed by atoms with Crippen LogP contribution in [0.4, 0.5) is 26.3 Å². The number of aliphatic hydroxyl groups excluding tert-OH is 1. The summed E-state index contributed by atoms with van der Waals surface area (Å²) >= 11 is 0. The van der Waals surface area contributed by atoms with Gasteiger partial charge in [0.25, 0.3) is 0 Å². The molecule has 0 amide bonds. The van der Waals surface area contributed by atoms with E-state index >= 15 is 0 Å². The molecule has 0 saturated carbocycles. The molecule has 1 N–H and O–H groups in total. The third-order valence-electron chi connectivity index (χ3n) is 3.14. The lowest BCUT2D eigenvalue weighted by atomic mass is 9.94. The Labute approximate surface area is 126 Å². The number of aromatic nitrogens is 2. The molecule has 0 aliphatic rings. The van der Waals surface area contributed by atoms with Crippen molar-refractivity contribution in [1.29, 1.82) is 0 Å². The Morgan fingerprint density at radius 2 is 1.17 bits per heavy atom. The molecule has 0 fully saturated rings. The van der Waals surface area contributed by atoms with Gasteiger partial charge >= 0.3 is 12.4 Å². The lowest BCUT2D eigenvalue weighted by Gasteiger charge is -2.16. The standard InChI is InChI=1S/C14H10F6N2O/c15-13(16,17)11-3-1-8(5-21-11)10(7-23)9-2-4-12(22-6-9)14(18,19)20/h1-6,10,23H,7H2. The zero-order valence-electron chi connectivity index (χ0n) is 11.4. The molecule has 3 nitrogen and oxygen atoms in total. The third kappa shape index (κ3) is 3.98. The van der Waals surface area contributed by atoms with E-state index in [1.54, 1.807) is 0 Å². The van der Waals surface area contributed by atoms with Crippen LogP contribution < -0.4 is 0 Å². The average molecular weight is 336 g/mol. The first kappa shape index (κ1) is 17.2. The molecule has 0 radical (unpaired) electrons. The van der Waals surface area contributed by atoms with E-state index in [0.29, 0.717) is 0 Å². The highest BCUT2D eigenvalue weighted by Gasteiger charge is 2.33. The summed E-state index contributed by atoms with van der Waals surface area (Å²) in [4.78, 5) is 6.53. The first-order valence-corrected chi connectivity index (χ1v) is 6.30. The van der Waals surface area contributed by atoms with Gasteiger partial charge in [-0.3, -0.25) is 9.97 Å².